The molecule has 1 aromatic carbocycles. The maximum absolute atomic E-state index is 9.77. The third kappa shape index (κ3) is 2.16. The Hall–Kier alpha value is -2.84. The summed E-state index contributed by atoms with van der Waals surface area (Å²) in [6.07, 6.45) is 2.37. The molecule has 1 aliphatic carbocycles. The van der Waals surface area contributed by atoms with Crippen LogP contribution in [0.15, 0.2) is 24.5 Å². The number of nitrogens with two attached hydrogens (primary N) is 1. The quantitative estimate of drug-likeness (QED) is 0.429. The van der Waals surface area contributed by atoms with Gasteiger partial charge in [-0.25, -0.2) is 14.6 Å². The Morgan fingerprint density at radius 2 is 2.04 bits per heavy atom. The Morgan fingerprint density at radius 3 is 2.81 bits per heavy atom. The van der Waals surface area contributed by atoms with Crippen molar-refractivity contribution in [1.82, 2.24) is 24.7 Å². The Morgan fingerprint density at radius 1 is 1.23 bits per heavy atom. The van der Waals surface area contributed by atoms with E-state index in [4.69, 9.17) is 22.4 Å². The van der Waals surface area contributed by atoms with E-state index in [-0.39, 0.29) is 17.9 Å². The number of nitrogen functional groups attached to an aromatic ring is 1. The lowest BCUT2D eigenvalue weighted by atomic mass is 9.90. The highest BCUT2D eigenvalue weighted by atomic mass is 35.5. The van der Waals surface area contributed by atoms with Crippen LogP contribution in [-0.4, -0.2) is 41.0 Å². The van der Waals surface area contributed by atoms with Gasteiger partial charge in [-0.1, -0.05) is 11.6 Å². The highest BCUT2D eigenvalue weighted by molar-refractivity contribution is 6.35. The smallest absolute Gasteiger partial charge is 0.164 e. The molecule has 8 nitrogen and oxygen atoms in total. The fourth-order valence-electron chi connectivity index (χ4n) is 3.51. The fraction of sp³-hybridized carbons (Fsp3) is 0.235. The maximum Gasteiger partial charge on any atom is 0.164 e. The van der Waals surface area contributed by atoms with Gasteiger partial charge in [0.1, 0.15) is 23.6 Å². The van der Waals surface area contributed by atoms with Crippen molar-refractivity contribution in [3.05, 3.63) is 29.5 Å². The number of aliphatic hydroxyl groups excluding tert-OH is 1. The Kier molecular flexibility index (Phi) is 3.16. The van der Waals surface area contributed by atoms with Gasteiger partial charge in [0.15, 0.2) is 5.65 Å². The van der Waals surface area contributed by atoms with E-state index in [1.165, 1.54) is 12.4 Å². The van der Waals surface area contributed by atoms with E-state index in [0.29, 0.717) is 51.6 Å². The van der Waals surface area contributed by atoms with Crippen molar-refractivity contribution < 1.29 is 10.2 Å². The van der Waals surface area contributed by atoms with Crippen LogP contribution in [0.3, 0.4) is 0 Å². The predicted molar refractivity (Wildman–Crippen MR) is 98.0 cm³/mol. The van der Waals surface area contributed by atoms with Crippen LogP contribution >= 0.6 is 11.6 Å². The molecule has 3 heterocycles. The number of aromatic hydroxyl groups is 1. The number of aromatic nitrogens is 5. The monoisotopic (exact) mass is 370 g/mol. The second-order valence-electron chi connectivity index (χ2n) is 6.60. The Bertz CT molecular complexity index is 1160. The second kappa shape index (κ2) is 5.33. The molecule has 4 aromatic rings. The molecule has 132 valence electrons. The van der Waals surface area contributed by atoms with Crippen molar-refractivity contribution in [2.45, 2.75) is 25.0 Å². The zero-order chi connectivity index (χ0) is 18.0. The molecule has 26 heavy (non-hydrogen) atoms. The molecule has 3 aromatic heterocycles. The number of nitrogens with zero attached hydrogens (tertiary/aromatic N) is 4. The van der Waals surface area contributed by atoms with Crippen molar-refractivity contribution in [3.8, 4) is 17.1 Å². The number of H-pyrrole nitrogens is 1. The topological polar surface area (TPSA) is 126 Å². The third-order valence-corrected chi connectivity index (χ3v) is 5.17. The highest BCUT2D eigenvalue weighted by Crippen LogP contribution is 2.39. The highest BCUT2D eigenvalue weighted by Gasteiger charge is 2.32. The van der Waals surface area contributed by atoms with E-state index >= 15 is 0 Å². The van der Waals surface area contributed by atoms with Gasteiger partial charge in [0, 0.05) is 11.5 Å². The summed E-state index contributed by atoms with van der Waals surface area (Å²) in [4.78, 5) is 11.7. The number of fused-ring (bicyclic) bond motifs is 2. The molecule has 0 unspecified atom stereocenters. The average molecular weight is 371 g/mol. The minimum atomic E-state index is -0.309. The number of benzene rings is 1. The number of hydrogen-bond donors (Lipinski definition) is 4. The molecule has 0 aliphatic heterocycles. The molecule has 9 heteroatoms. The zero-order valence-corrected chi connectivity index (χ0v) is 14.3. The minimum Gasteiger partial charge on any atom is -0.508 e. The first-order valence-electron chi connectivity index (χ1n) is 8.19. The zero-order valence-electron chi connectivity index (χ0n) is 13.5. The predicted octanol–water partition coefficient (Wildman–Crippen LogP) is 2.61. The summed E-state index contributed by atoms with van der Waals surface area (Å²) in [6.45, 7) is 0. The number of aromatic amines is 1. The summed E-state index contributed by atoms with van der Waals surface area (Å²) in [5.41, 5.74) is 8.77. The van der Waals surface area contributed by atoms with Gasteiger partial charge in [-0.3, -0.25) is 0 Å². The van der Waals surface area contributed by atoms with E-state index < -0.39 is 0 Å². The van der Waals surface area contributed by atoms with Gasteiger partial charge in [-0.2, -0.15) is 5.10 Å². The van der Waals surface area contributed by atoms with E-state index in [1.54, 1.807) is 10.7 Å². The molecule has 0 radical (unpaired) electrons. The van der Waals surface area contributed by atoms with Crippen LogP contribution in [-0.2, 0) is 0 Å². The minimum absolute atomic E-state index is 0.0764. The summed E-state index contributed by atoms with van der Waals surface area (Å²) >= 11 is 6.22. The number of rotatable bonds is 2. The number of aliphatic hydroxyl groups is 1. The molecule has 5 N–H and O–H groups in total. The van der Waals surface area contributed by atoms with Gasteiger partial charge in [0.2, 0.25) is 0 Å². The molecular formula is C17H15ClN6O2. The molecule has 0 atom stereocenters. The van der Waals surface area contributed by atoms with E-state index in [1.807, 2.05) is 6.07 Å². The standard InChI is InChI=1S/C17H15ClN6O2/c18-11-5-9(25)1-7-2-12(22-14(7)11)15-13-16(19)20-6-21-17(13)24(23-15)8-3-10(26)4-8/h1-2,5-6,8,10,22,25-26H,3-4H2,(H2,19,20,21). The van der Waals surface area contributed by atoms with E-state index in [9.17, 15) is 10.2 Å². The largest absolute Gasteiger partial charge is 0.508 e. The third-order valence-electron chi connectivity index (χ3n) is 4.87. The van der Waals surface area contributed by atoms with Gasteiger partial charge in [0.25, 0.3) is 0 Å². The van der Waals surface area contributed by atoms with Crippen LogP contribution in [0.5, 0.6) is 5.75 Å². The van der Waals surface area contributed by atoms with Gasteiger partial charge in [-0.05, 0) is 25.0 Å². The molecule has 0 saturated heterocycles. The second-order valence-corrected chi connectivity index (χ2v) is 7.01. The van der Waals surface area contributed by atoms with Gasteiger partial charge < -0.3 is 20.9 Å². The normalized spacial score (nSPS) is 19.9. The van der Waals surface area contributed by atoms with Crippen molar-refractivity contribution >= 4 is 39.4 Å². The van der Waals surface area contributed by atoms with Crippen LogP contribution in [0.2, 0.25) is 5.02 Å². The maximum atomic E-state index is 9.77. The number of phenols is 1. The number of anilines is 1. The molecule has 1 aliphatic rings. The van der Waals surface area contributed by atoms with Gasteiger partial charge >= 0.3 is 0 Å². The number of hydrogen-bond acceptors (Lipinski definition) is 6. The number of phenolic OH excluding ortho intramolecular Hbond substituents is 1. The van der Waals surface area contributed by atoms with Crippen molar-refractivity contribution in [3.63, 3.8) is 0 Å². The lowest BCUT2D eigenvalue weighted by molar-refractivity contribution is 0.0451. The first-order valence-corrected chi connectivity index (χ1v) is 8.57. The first kappa shape index (κ1) is 15.4. The Labute approximate surface area is 152 Å². The molecular weight excluding hydrogens is 356 g/mol. The molecule has 0 bridgehead atoms. The van der Waals surface area contributed by atoms with Crippen molar-refractivity contribution in [1.29, 1.82) is 0 Å². The summed E-state index contributed by atoms with van der Waals surface area (Å²) in [5, 5.41) is 26.0. The SMILES string of the molecule is Nc1ncnc2c1c(-c1cc3cc(O)cc(Cl)c3[nH]1)nn2C1CC(O)C1. The summed E-state index contributed by atoms with van der Waals surface area (Å²) in [5.74, 6) is 0.429. The lowest BCUT2D eigenvalue weighted by Gasteiger charge is -2.31. The van der Waals surface area contributed by atoms with Crippen molar-refractivity contribution in [2.75, 3.05) is 5.73 Å². The lowest BCUT2D eigenvalue weighted by Crippen LogP contribution is -2.31. The number of halogens is 1. The van der Waals surface area contributed by atoms with Crippen LogP contribution in [0.4, 0.5) is 5.82 Å². The van der Waals surface area contributed by atoms with E-state index in [0.717, 1.165) is 5.39 Å². The van der Waals surface area contributed by atoms with Crippen LogP contribution in [0, 0.1) is 0 Å². The van der Waals surface area contributed by atoms with Crippen molar-refractivity contribution in [2.24, 2.45) is 0 Å². The average Bonchev–Trinajstić information content (AvgIpc) is 3.14. The van der Waals surface area contributed by atoms with Crippen LogP contribution in [0.1, 0.15) is 18.9 Å². The summed E-state index contributed by atoms with van der Waals surface area (Å²) in [6, 6.07) is 5.04. The molecule has 0 spiro atoms. The summed E-state index contributed by atoms with van der Waals surface area (Å²) < 4.78 is 1.81. The van der Waals surface area contributed by atoms with Gasteiger partial charge in [-0.15, -0.1) is 0 Å². The van der Waals surface area contributed by atoms with Crippen LogP contribution < -0.4 is 5.73 Å². The van der Waals surface area contributed by atoms with Crippen LogP contribution in [0.25, 0.3) is 33.3 Å². The van der Waals surface area contributed by atoms with Gasteiger partial charge in [0.05, 0.1) is 33.8 Å². The molecule has 5 rings (SSSR count). The first-order chi connectivity index (χ1) is 12.5. The molecule has 0 amide bonds. The number of nitrogens with one attached hydrogen (secondary N) is 1. The molecule has 1 fully saturated rings. The molecule has 1 saturated carbocycles. The van der Waals surface area contributed by atoms with E-state index in [2.05, 4.69) is 15.0 Å². The Balaban J connectivity index is 1.75. The fourth-order valence-corrected chi connectivity index (χ4v) is 3.78. The summed E-state index contributed by atoms with van der Waals surface area (Å²) in [7, 11) is 0.